The van der Waals surface area contributed by atoms with Gasteiger partial charge in [0.15, 0.2) is 11.7 Å². The summed E-state index contributed by atoms with van der Waals surface area (Å²) in [6, 6.07) is 0. The van der Waals surface area contributed by atoms with Crippen molar-refractivity contribution in [1.29, 1.82) is 0 Å². The normalized spacial score (nSPS) is 16.3. The van der Waals surface area contributed by atoms with E-state index in [0.29, 0.717) is 23.9 Å². The second-order valence-corrected chi connectivity index (χ2v) is 6.92. The molecule has 0 amide bonds. The summed E-state index contributed by atoms with van der Waals surface area (Å²) < 4.78 is 37.7. The molecular formula is C15H21F3IN7S. The third-order valence-corrected chi connectivity index (χ3v) is 5.20. The number of likely N-dealkylation sites (tertiary alicyclic amines) is 1. The molecule has 0 unspecified atom stereocenters. The van der Waals surface area contributed by atoms with Crippen molar-refractivity contribution in [3.8, 4) is 0 Å². The smallest absolute Gasteiger partial charge is 0.356 e. The fraction of sp³-hybridized carbons (Fsp3) is 0.600. The predicted molar refractivity (Wildman–Crippen MR) is 108 cm³/mol. The van der Waals surface area contributed by atoms with Gasteiger partial charge in [0.05, 0.1) is 5.01 Å². The maximum Gasteiger partial charge on any atom is 0.434 e. The van der Waals surface area contributed by atoms with Gasteiger partial charge in [-0.05, 0) is 12.8 Å². The fourth-order valence-corrected chi connectivity index (χ4v) is 3.75. The van der Waals surface area contributed by atoms with E-state index in [1.165, 1.54) is 6.33 Å². The number of aliphatic imine (C=N–C) groups is 1. The van der Waals surface area contributed by atoms with Crippen molar-refractivity contribution in [2.75, 3.05) is 26.7 Å². The van der Waals surface area contributed by atoms with Gasteiger partial charge in [-0.15, -0.1) is 35.3 Å². The molecule has 3 rings (SSSR count). The van der Waals surface area contributed by atoms with Crippen LogP contribution < -0.4 is 5.32 Å². The summed E-state index contributed by atoms with van der Waals surface area (Å²) in [4.78, 5) is 14.3. The second kappa shape index (κ2) is 9.66. The minimum absolute atomic E-state index is 0. The van der Waals surface area contributed by atoms with E-state index in [9.17, 15) is 13.2 Å². The molecule has 150 valence electrons. The lowest BCUT2D eigenvalue weighted by atomic mass is 9.96. The minimum atomic E-state index is -4.38. The summed E-state index contributed by atoms with van der Waals surface area (Å²) >= 11 is 1.03. The van der Waals surface area contributed by atoms with Gasteiger partial charge in [0.25, 0.3) is 0 Å². The molecular weight excluding hydrogens is 494 g/mol. The van der Waals surface area contributed by atoms with Crippen molar-refractivity contribution in [2.24, 2.45) is 4.99 Å². The Hall–Kier alpha value is -1.44. The molecule has 1 aliphatic heterocycles. The van der Waals surface area contributed by atoms with Crippen LogP contribution in [0, 0.1) is 0 Å². The summed E-state index contributed by atoms with van der Waals surface area (Å²) in [6.07, 6.45) is -0.556. The Labute approximate surface area is 175 Å². The van der Waals surface area contributed by atoms with Crippen LogP contribution in [0.3, 0.4) is 0 Å². The van der Waals surface area contributed by atoms with Crippen LogP contribution >= 0.6 is 35.3 Å². The molecule has 0 aliphatic carbocycles. The summed E-state index contributed by atoms with van der Waals surface area (Å²) in [5, 5.41) is 11.5. The van der Waals surface area contributed by atoms with E-state index < -0.39 is 11.9 Å². The van der Waals surface area contributed by atoms with Crippen LogP contribution in [0.15, 0.2) is 16.7 Å². The Kier molecular flexibility index (Phi) is 7.82. The number of H-pyrrole nitrogens is 1. The van der Waals surface area contributed by atoms with E-state index in [-0.39, 0.29) is 24.0 Å². The number of thiazole rings is 1. The Morgan fingerprint density at radius 1 is 1.41 bits per heavy atom. The van der Waals surface area contributed by atoms with Crippen LogP contribution in [0.4, 0.5) is 13.2 Å². The highest BCUT2D eigenvalue weighted by atomic mass is 127. The molecule has 3 heterocycles. The molecule has 1 fully saturated rings. The summed E-state index contributed by atoms with van der Waals surface area (Å²) in [5.74, 6) is 2.04. The quantitative estimate of drug-likeness (QED) is 0.372. The van der Waals surface area contributed by atoms with Crippen LogP contribution in [0.25, 0.3) is 0 Å². The first-order valence-corrected chi connectivity index (χ1v) is 9.18. The summed E-state index contributed by atoms with van der Waals surface area (Å²) in [7, 11) is 1.70. The molecule has 2 N–H and O–H groups in total. The highest BCUT2D eigenvalue weighted by Gasteiger charge is 2.33. The van der Waals surface area contributed by atoms with Crippen molar-refractivity contribution in [2.45, 2.75) is 31.4 Å². The number of hydrogen-bond acceptors (Lipinski definition) is 5. The maximum absolute atomic E-state index is 12.6. The molecule has 12 heteroatoms. The number of nitrogens with zero attached hydrogens (tertiary/aromatic N) is 5. The molecule has 1 saturated heterocycles. The summed E-state index contributed by atoms with van der Waals surface area (Å²) in [6.45, 7) is 2.15. The minimum Gasteiger partial charge on any atom is -0.356 e. The van der Waals surface area contributed by atoms with Gasteiger partial charge < -0.3 is 10.2 Å². The molecule has 0 atom stereocenters. The molecule has 7 nitrogen and oxygen atoms in total. The average molecular weight is 515 g/mol. The Morgan fingerprint density at radius 3 is 2.70 bits per heavy atom. The van der Waals surface area contributed by atoms with Crippen LogP contribution in [0.1, 0.15) is 35.3 Å². The van der Waals surface area contributed by atoms with E-state index in [1.54, 1.807) is 7.05 Å². The van der Waals surface area contributed by atoms with Gasteiger partial charge in [-0.25, -0.2) is 9.97 Å². The molecule has 27 heavy (non-hydrogen) atoms. The second-order valence-electron chi connectivity index (χ2n) is 5.98. The molecule has 0 bridgehead atoms. The first kappa shape index (κ1) is 21.9. The third-order valence-electron chi connectivity index (χ3n) is 4.29. The molecule has 2 aromatic heterocycles. The zero-order valence-corrected chi connectivity index (χ0v) is 17.8. The molecule has 0 aromatic carbocycles. The van der Waals surface area contributed by atoms with Crippen LogP contribution in [-0.4, -0.2) is 57.7 Å². The average Bonchev–Trinajstić information content (AvgIpc) is 3.30. The van der Waals surface area contributed by atoms with Gasteiger partial charge in [0.1, 0.15) is 12.2 Å². The molecule has 2 aromatic rings. The van der Waals surface area contributed by atoms with E-state index in [4.69, 9.17) is 0 Å². The highest BCUT2D eigenvalue weighted by Crippen LogP contribution is 2.30. The van der Waals surface area contributed by atoms with Crippen molar-refractivity contribution in [1.82, 2.24) is 30.4 Å². The third kappa shape index (κ3) is 5.77. The lowest BCUT2D eigenvalue weighted by Crippen LogP contribution is -2.45. The van der Waals surface area contributed by atoms with Gasteiger partial charge in [-0.1, -0.05) is 0 Å². The standard InChI is InChI=1S/C15H20F3N7S.HI/c1-19-14(20-5-2-12-23-11(8-26-12)15(16,17)18)25-6-3-10(4-7-25)13-21-9-22-24-13;/h8-10H,2-7H2,1H3,(H,19,20)(H,21,22,24);1H. The molecule has 0 radical (unpaired) electrons. The molecule has 0 spiro atoms. The van der Waals surface area contributed by atoms with E-state index in [1.807, 2.05) is 0 Å². The number of aromatic amines is 1. The Balaban J connectivity index is 0.00000261. The van der Waals surface area contributed by atoms with E-state index >= 15 is 0 Å². The SMILES string of the molecule is CN=C(NCCc1nc(C(F)(F)F)cs1)N1CCC(c2ncn[nH]2)CC1.I. The zero-order valence-electron chi connectivity index (χ0n) is 14.7. The first-order chi connectivity index (χ1) is 12.5. The van der Waals surface area contributed by atoms with Gasteiger partial charge in [0, 0.05) is 44.4 Å². The lowest BCUT2D eigenvalue weighted by molar-refractivity contribution is -0.140. The first-order valence-electron chi connectivity index (χ1n) is 8.30. The van der Waals surface area contributed by atoms with Crippen molar-refractivity contribution >= 4 is 41.3 Å². The maximum atomic E-state index is 12.6. The largest absolute Gasteiger partial charge is 0.434 e. The number of aromatic nitrogens is 4. The highest BCUT2D eigenvalue weighted by molar-refractivity contribution is 14.0. The van der Waals surface area contributed by atoms with E-state index in [2.05, 4.69) is 35.4 Å². The Morgan fingerprint density at radius 2 is 2.15 bits per heavy atom. The number of rotatable bonds is 4. The topological polar surface area (TPSA) is 82.1 Å². The monoisotopic (exact) mass is 515 g/mol. The van der Waals surface area contributed by atoms with Gasteiger partial charge in [-0.2, -0.15) is 18.3 Å². The van der Waals surface area contributed by atoms with Crippen molar-refractivity contribution < 1.29 is 13.2 Å². The van der Waals surface area contributed by atoms with Gasteiger partial charge in [-0.3, -0.25) is 10.1 Å². The van der Waals surface area contributed by atoms with Gasteiger partial charge >= 0.3 is 6.18 Å². The van der Waals surface area contributed by atoms with Crippen LogP contribution in [-0.2, 0) is 12.6 Å². The number of halogens is 4. The van der Waals surface area contributed by atoms with Crippen molar-refractivity contribution in [3.63, 3.8) is 0 Å². The van der Waals surface area contributed by atoms with Crippen LogP contribution in [0.5, 0.6) is 0 Å². The lowest BCUT2D eigenvalue weighted by Gasteiger charge is -2.33. The number of alkyl halides is 3. The number of hydrogen-bond donors (Lipinski definition) is 2. The number of piperidine rings is 1. The summed E-state index contributed by atoms with van der Waals surface area (Å²) in [5.41, 5.74) is -0.823. The van der Waals surface area contributed by atoms with E-state index in [0.717, 1.165) is 54.4 Å². The molecule has 0 saturated carbocycles. The van der Waals surface area contributed by atoms with Crippen molar-refractivity contribution in [3.05, 3.63) is 28.2 Å². The predicted octanol–water partition coefficient (Wildman–Crippen LogP) is 2.90. The van der Waals surface area contributed by atoms with Gasteiger partial charge in [0.2, 0.25) is 0 Å². The number of nitrogens with one attached hydrogen (secondary N) is 2. The Bertz CT molecular complexity index is 724. The molecule has 1 aliphatic rings. The fourth-order valence-electron chi connectivity index (χ4n) is 2.95. The van der Waals surface area contributed by atoms with Crippen LogP contribution in [0.2, 0.25) is 0 Å². The number of guanidine groups is 1. The zero-order chi connectivity index (χ0) is 18.6.